The molecular weight excluding hydrogens is 372 g/mol. The second kappa shape index (κ2) is 5.88. The molecule has 2 aromatic rings. The summed E-state index contributed by atoms with van der Waals surface area (Å²) in [6, 6.07) is 11.0. The maximum absolute atomic E-state index is 12.6. The van der Waals surface area contributed by atoms with Gasteiger partial charge in [0.2, 0.25) is 0 Å². The first-order valence-electron chi connectivity index (χ1n) is 5.68. The molecule has 4 heteroatoms. The Morgan fingerprint density at radius 3 is 2.37 bits per heavy atom. The first kappa shape index (κ1) is 14.3. The highest BCUT2D eigenvalue weighted by atomic mass is 79.9. The largest absolute Gasteiger partial charge is 0.496 e. The minimum atomic E-state index is -0.0648. The van der Waals surface area contributed by atoms with Gasteiger partial charge in [-0.2, -0.15) is 0 Å². The summed E-state index contributed by atoms with van der Waals surface area (Å²) in [6.45, 7) is 1.96. The molecule has 2 nitrogen and oxygen atoms in total. The molecule has 0 unspecified atom stereocenters. The summed E-state index contributed by atoms with van der Waals surface area (Å²) in [5.41, 5.74) is 2.20. The minimum Gasteiger partial charge on any atom is -0.496 e. The van der Waals surface area contributed by atoms with Crippen molar-refractivity contribution < 1.29 is 9.53 Å². The van der Waals surface area contributed by atoms with Gasteiger partial charge in [0.05, 0.1) is 12.7 Å². The molecule has 0 N–H and O–H groups in total. The minimum absolute atomic E-state index is 0.0648. The second-order valence-electron chi connectivity index (χ2n) is 4.11. The average Bonchev–Trinajstić information content (AvgIpc) is 2.41. The number of ether oxygens (including phenoxy) is 1. The standard InChI is InChI=1S/C15H12Br2O2/c1-9-7-14(19-2)11(8-13(9)17)15(18)10-5-3-4-6-12(10)16/h3-8H,1-2H3. The number of rotatable bonds is 3. The summed E-state index contributed by atoms with van der Waals surface area (Å²) in [6.07, 6.45) is 0. The summed E-state index contributed by atoms with van der Waals surface area (Å²) < 4.78 is 6.98. The smallest absolute Gasteiger partial charge is 0.197 e. The molecule has 0 amide bonds. The van der Waals surface area contributed by atoms with Crippen LogP contribution in [0.5, 0.6) is 5.75 Å². The van der Waals surface area contributed by atoms with Crippen molar-refractivity contribution in [3.8, 4) is 5.75 Å². The molecule has 0 radical (unpaired) electrons. The van der Waals surface area contributed by atoms with Gasteiger partial charge in [0, 0.05) is 14.5 Å². The highest BCUT2D eigenvalue weighted by molar-refractivity contribution is 9.10. The van der Waals surface area contributed by atoms with E-state index in [1.165, 1.54) is 0 Å². The van der Waals surface area contributed by atoms with E-state index in [4.69, 9.17) is 4.74 Å². The molecule has 2 aromatic carbocycles. The van der Waals surface area contributed by atoms with Gasteiger partial charge in [-0.1, -0.05) is 44.0 Å². The monoisotopic (exact) mass is 382 g/mol. The topological polar surface area (TPSA) is 26.3 Å². The van der Waals surface area contributed by atoms with E-state index < -0.39 is 0 Å². The molecule has 0 atom stereocenters. The quantitative estimate of drug-likeness (QED) is 0.714. The van der Waals surface area contributed by atoms with E-state index in [0.29, 0.717) is 16.9 Å². The number of carbonyl (C=O) groups is 1. The van der Waals surface area contributed by atoms with Gasteiger partial charge in [-0.15, -0.1) is 0 Å². The molecule has 0 spiro atoms. The van der Waals surface area contributed by atoms with Crippen LogP contribution in [0.2, 0.25) is 0 Å². The summed E-state index contributed by atoms with van der Waals surface area (Å²) in [5, 5.41) is 0. The molecule has 2 rings (SSSR count). The highest BCUT2D eigenvalue weighted by Gasteiger charge is 2.18. The van der Waals surface area contributed by atoms with Gasteiger partial charge in [-0.3, -0.25) is 4.79 Å². The summed E-state index contributed by atoms with van der Waals surface area (Å²) in [7, 11) is 1.57. The van der Waals surface area contributed by atoms with E-state index in [9.17, 15) is 4.79 Å². The normalized spacial score (nSPS) is 10.3. The zero-order valence-electron chi connectivity index (χ0n) is 10.5. The van der Waals surface area contributed by atoms with E-state index in [0.717, 1.165) is 14.5 Å². The number of hydrogen-bond donors (Lipinski definition) is 0. The Morgan fingerprint density at radius 1 is 1.05 bits per heavy atom. The van der Waals surface area contributed by atoms with Crippen molar-refractivity contribution in [3.63, 3.8) is 0 Å². The van der Waals surface area contributed by atoms with Crippen molar-refractivity contribution >= 4 is 37.6 Å². The molecule has 0 fully saturated rings. The Labute approximate surface area is 129 Å². The van der Waals surface area contributed by atoms with Gasteiger partial charge in [-0.25, -0.2) is 0 Å². The number of methoxy groups -OCH3 is 1. The van der Waals surface area contributed by atoms with Crippen LogP contribution in [0, 0.1) is 6.92 Å². The molecule has 0 aliphatic carbocycles. The van der Waals surface area contributed by atoms with Crippen molar-refractivity contribution in [1.82, 2.24) is 0 Å². The van der Waals surface area contributed by atoms with Gasteiger partial charge in [-0.05, 0) is 36.8 Å². The number of aryl methyl sites for hydroxylation is 1. The van der Waals surface area contributed by atoms with E-state index in [2.05, 4.69) is 31.9 Å². The van der Waals surface area contributed by atoms with Gasteiger partial charge in [0.1, 0.15) is 5.75 Å². The highest BCUT2D eigenvalue weighted by Crippen LogP contribution is 2.30. The van der Waals surface area contributed by atoms with Crippen molar-refractivity contribution in [1.29, 1.82) is 0 Å². The first-order valence-corrected chi connectivity index (χ1v) is 7.26. The molecule has 98 valence electrons. The number of ketones is 1. The molecule has 0 bridgehead atoms. The Morgan fingerprint density at radius 2 is 1.74 bits per heavy atom. The zero-order chi connectivity index (χ0) is 14.0. The van der Waals surface area contributed by atoms with Crippen molar-refractivity contribution in [2.24, 2.45) is 0 Å². The second-order valence-corrected chi connectivity index (χ2v) is 5.82. The van der Waals surface area contributed by atoms with E-state index in [1.807, 2.05) is 31.2 Å². The predicted molar refractivity (Wildman–Crippen MR) is 83.0 cm³/mol. The van der Waals surface area contributed by atoms with Crippen LogP contribution in [-0.2, 0) is 0 Å². The summed E-state index contributed by atoms with van der Waals surface area (Å²) in [5.74, 6) is 0.520. The Hall–Kier alpha value is -1.13. The fourth-order valence-electron chi connectivity index (χ4n) is 1.79. The van der Waals surface area contributed by atoms with Crippen LogP contribution in [0.1, 0.15) is 21.5 Å². The predicted octanol–water partition coefficient (Wildman–Crippen LogP) is 4.76. The van der Waals surface area contributed by atoms with Crippen LogP contribution in [0.3, 0.4) is 0 Å². The zero-order valence-corrected chi connectivity index (χ0v) is 13.7. The average molecular weight is 384 g/mol. The van der Waals surface area contributed by atoms with E-state index >= 15 is 0 Å². The fraction of sp³-hybridized carbons (Fsp3) is 0.133. The van der Waals surface area contributed by atoms with Crippen molar-refractivity contribution in [2.75, 3.05) is 7.11 Å². The first-order chi connectivity index (χ1) is 9.04. The SMILES string of the molecule is COc1cc(C)c(Br)cc1C(=O)c1ccccc1Br. The molecule has 0 aliphatic heterocycles. The van der Waals surface area contributed by atoms with Crippen LogP contribution in [0.4, 0.5) is 0 Å². The van der Waals surface area contributed by atoms with Gasteiger partial charge in [0.15, 0.2) is 5.78 Å². The molecule has 0 saturated carbocycles. The third kappa shape index (κ3) is 2.90. The lowest BCUT2D eigenvalue weighted by Gasteiger charge is -2.11. The van der Waals surface area contributed by atoms with Crippen LogP contribution >= 0.6 is 31.9 Å². The number of halogens is 2. The van der Waals surface area contributed by atoms with Gasteiger partial charge < -0.3 is 4.74 Å². The molecule has 0 aromatic heterocycles. The Kier molecular flexibility index (Phi) is 4.42. The number of hydrogen-bond acceptors (Lipinski definition) is 2. The molecular formula is C15H12Br2O2. The van der Waals surface area contributed by atoms with Crippen LogP contribution in [-0.4, -0.2) is 12.9 Å². The van der Waals surface area contributed by atoms with Gasteiger partial charge >= 0.3 is 0 Å². The van der Waals surface area contributed by atoms with Crippen LogP contribution < -0.4 is 4.74 Å². The molecule has 0 heterocycles. The summed E-state index contributed by atoms with van der Waals surface area (Å²) in [4.78, 5) is 12.6. The number of benzene rings is 2. The maximum atomic E-state index is 12.6. The third-order valence-electron chi connectivity index (χ3n) is 2.84. The van der Waals surface area contributed by atoms with E-state index in [1.54, 1.807) is 19.2 Å². The Balaban J connectivity index is 2.56. The van der Waals surface area contributed by atoms with Crippen molar-refractivity contribution in [2.45, 2.75) is 6.92 Å². The van der Waals surface area contributed by atoms with Crippen molar-refractivity contribution in [3.05, 3.63) is 62.0 Å². The summed E-state index contributed by atoms with van der Waals surface area (Å²) >= 11 is 6.85. The lowest BCUT2D eigenvalue weighted by Crippen LogP contribution is -2.05. The Bertz CT molecular complexity index is 636. The molecule has 19 heavy (non-hydrogen) atoms. The molecule has 0 aliphatic rings. The molecule has 0 saturated heterocycles. The third-order valence-corrected chi connectivity index (χ3v) is 4.39. The fourth-order valence-corrected chi connectivity index (χ4v) is 2.60. The lowest BCUT2D eigenvalue weighted by molar-refractivity contribution is 0.103. The van der Waals surface area contributed by atoms with Crippen LogP contribution in [0.15, 0.2) is 45.3 Å². The van der Waals surface area contributed by atoms with Gasteiger partial charge in [0.25, 0.3) is 0 Å². The van der Waals surface area contributed by atoms with E-state index in [-0.39, 0.29) is 5.78 Å². The lowest BCUT2D eigenvalue weighted by atomic mass is 10.0. The number of carbonyl (C=O) groups excluding carboxylic acids is 1. The van der Waals surface area contributed by atoms with Crippen LogP contribution in [0.25, 0.3) is 0 Å². The maximum Gasteiger partial charge on any atom is 0.197 e.